The zero-order valence-corrected chi connectivity index (χ0v) is 12.3. The minimum Gasteiger partial charge on any atom is -0.507 e. The molecule has 0 saturated heterocycles. The fourth-order valence-electron chi connectivity index (χ4n) is 1.77. The highest BCUT2D eigenvalue weighted by atomic mass is 32.1. The van der Waals surface area contributed by atoms with Gasteiger partial charge in [0.25, 0.3) is 5.91 Å². The van der Waals surface area contributed by atoms with Crippen LogP contribution in [0, 0.1) is 0 Å². The molecule has 1 heterocycles. The number of ether oxygens (including phenoxy) is 1. The summed E-state index contributed by atoms with van der Waals surface area (Å²) in [6, 6.07) is 4.39. The maximum Gasteiger partial charge on any atom is 0.260 e. The number of phenolic OH excluding ortho intramolecular Hbond substituents is 1. The molecule has 0 atom stereocenters. The largest absolute Gasteiger partial charge is 0.507 e. The predicted octanol–water partition coefficient (Wildman–Crippen LogP) is 1.02. The summed E-state index contributed by atoms with van der Waals surface area (Å²) in [4.78, 5) is 12.3. The van der Waals surface area contributed by atoms with Crippen molar-refractivity contribution in [2.45, 2.75) is 0 Å². The number of anilines is 1. The Morgan fingerprint density at radius 1 is 1.48 bits per heavy atom. The second kappa shape index (κ2) is 5.80. The highest BCUT2D eigenvalue weighted by molar-refractivity contribution is 7.80. The van der Waals surface area contributed by atoms with Gasteiger partial charge in [0, 0.05) is 13.1 Å². The lowest BCUT2D eigenvalue weighted by molar-refractivity contribution is 0.102. The molecule has 7 nitrogen and oxygen atoms in total. The number of hydrogen-bond acceptors (Lipinski definition) is 5. The maximum absolute atomic E-state index is 12.2. The molecule has 2 aromatic rings. The number of phenols is 1. The molecule has 0 bridgehead atoms. The Labute approximate surface area is 126 Å². The number of amides is 1. The second-order valence-corrected chi connectivity index (χ2v) is 4.67. The third kappa shape index (κ3) is 2.95. The van der Waals surface area contributed by atoms with Crippen molar-refractivity contribution in [2.24, 2.45) is 12.8 Å². The molecule has 0 saturated carbocycles. The first-order valence-corrected chi connectivity index (χ1v) is 6.35. The van der Waals surface area contributed by atoms with Gasteiger partial charge in [-0.15, -0.1) is 0 Å². The van der Waals surface area contributed by atoms with E-state index in [4.69, 9.17) is 22.7 Å². The van der Waals surface area contributed by atoms with Crippen LogP contribution in [-0.2, 0) is 7.05 Å². The third-order valence-electron chi connectivity index (χ3n) is 2.89. The Morgan fingerprint density at radius 3 is 2.76 bits per heavy atom. The standard InChI is InChI=1S/C13H14N4O3S/c1-17-12(9(6-15-17)11(14)21)16-13(19)8-4-3-7(20-2)5-10(8)18/h3-6,18H,1-2H3,(H2,14,21)(H,16,19). The van der Waals surface area contributed by atoms with Gasteiger partial charge in [0.15, 0.2) is 0 Å². The van der Waals surface area contributed by atoms with Crippen molar-refractivity contribution in [1.29, 1.82) is 0 Å². The lowest BCUT2D eigenvalue weighted by Gasteiger charge is -2.10. The zero-order chi connectivity index (χ0) is 15.6. The number of carbonyl (C=O) groups excluding carboxylic acids is 1. The lowest BCUT2D eigenvalue weighted by Crippen LogP contribution is -2.19. The van der Waals surface area contributed by atoms with E-state index in [2.05, 4.69) is 10.4 Å². The van der Waals surface area contributed by atoms with Crippen molar-refractivity contribution in [3.8, 4) is 11.5 Å². The van der Waals surface area contributed by atoms with E-state index >= 15 is 0 Å². The van der Waals surface area contributed by atoms with Crippen LogP contribution >= 0.6 is 12.2 Å². The molecule has 0 radical (unpaired) electrons. The average molecular weight is 306 g/mol. The normalized spacial score (nSPS) is 10.2. The Hall–Kier alpha value is -2.61. The smallest absolute Gasteiger partial charge is 0.260 e. The van der Waals surface area contributed by atoms with E-state index < -0.39 is 5.91 Å². The predicted molar refractivity (Wildman–Crippen MR) is 81.7 cm³/mol. The van der Waals surface area contributed by atoms with Crippen LogP contribution in [0.15, 0.2) is 24.4 Å². The topological polar surface area (TPSA) is 102 Å². The molecule has 0 aliphatic heterocycles. The molecule has 0 unspecified atom stereocenters. The van der Waals surface area contributed by atoms with Gasteiger partial charge in [0.1, 0.15) is 22.3 Å². The van der Waals surface area contributed by atoms with Crippen LogP contribution in [0.2, 0.25) is 0 Å². The Bertz CT molecular complexity index is 711. The Kier molecular flexibility index (Phi) is 4.08. The first-order chi connectivity index (χ1) is 9.93. The van der Waals surface area contributed by atoms with Crippen molar-refractivity contribution in [2.75, 3.05) is 12.4 Å². The quantitative estimate of drug-likeness (QED) is 0.729. The summed E-state index contributed by atoms with van der Waals surface area (Å²) in [5.41, 5.74) is 6.13. The summed E-state index contributed by atoms with van der Waals surface area (Å²) >= 11 is 4.90. The van der Waals surface area contributed by atoms with Gasteiger partial charge in [0.05, 0.1) is 24.4 Å². The lowest BCUT2D eigenvalue weighted by atomic mass is 10.1. The van der Waals surface area contributed by atoms with Crippen LogP contribution < -0.4 is 15.8 Å². The fraction of sp³-hybridized carbons (Fsp3) is 0.154. The first kappa shape index (κ1) is 14.8. The van der Waals surface area contributed by atoms with Gasteiger partial charge in [-0.1, -0.05) is 12.2 Å². The van der Waals surface area contributed by atoms with E-state index in [0.717, 1.165) is 0 Å². The van der Waals surface area contributed by atoms with E-state index in [0.29, 0.717) is 17.1 Å². The van der Waals surface area contributed by atoms with E-state index in [-0.39, 0.29) is 16.3 Å². The number of aromatic nitrogens is 2. The highest BCUT2D eigenvalue weighted by Crippen LogP contribution is 2.24. The van der Waals surface area contributed by atoms with Gasteiger partial charge in [-0.25, -0.2) is 0 Å². The number of nitrogens with one attached hydrogen (secondary N) is 1. The van der Waals surface area contributed by atoms with Crippen molar-refractivity contribution in [3.05, 3.63) is 35.5 Å². The molecule has 1 aromatic carbocycles. The van der Waals surface area contributed by atoms with Crippen molar-refractivity contribution >= 4 is 28.9 Å². The minimum absolute atomic E-state index is 0.103. The Morgan fingerprint density at radius 2 is 2.19 bits per heavy atom. The zero-order valence-electron chi connectivity index (χ0n) is 11.5. The number of methoxy groups -OCH3 is 1. The maximum atomic E-state index is 12.2. The summed E-state index contributed by atoms with van der Waals surface area (Å²) in [5.74, 6) is 0.123. The highest BCUT2D eigenvalue weighted by Gasteiger charge is 2.17. The van der Waals surface area contributed by atoms with Crippen LogP contribution in [0.3, 0.4) is 0 Å². The number of carbonyl (C=O) groups is 1. The van der Waals surface area contributed by atoms with Gasteiger partial charge in [-0.05, 0) is 12.1 Å². The van der Waals surface area contributed by atoms with Crippen molar-refractivity contribution in [3.63, 3.8) is 0 Å². The minimum atomic E-state index is -0.503. The molecule has 0 fully saturated rings. The molecular formula is C13H14N4O3S. The molecule has 0 spiro atoms. The van der Waals surface area contributed by atoms with Gasteiger partial charge in [-0.2, -0.15) is 5.10 Å². The third-order valence-corrected chi connectivity index (χ3v) is 3.11. The number of aromatic hydroxyl groups is 1. The number of nitrogens with two attached hydrogens (primary N) is 1. The van der Waals surface area contributed by atoms with E-state index in [1.54, 1.807) is 13.1 Å². The van der Waals surface area contributed by atoms with E-state index in [9.17, 15) is 9.90 Å². The number of rotatable bonds is 4. The van der Waals surface area contributed by atoms with Crippen LogP contribution in [0.5, 0.6) is 11.5 Å². The number of hydrogen-bond donors (Lipinski definition) is 3. The van der Waals surface area contributed by atoms with Gasteiger partial charge >= 0.3 is 0 Å². The van der Waals surface area contributed by atoms with Crippen LogP contribution in [0.1, 0.15) is 15.9 Å². The molecule has 8 heteroatoms. The van der Waals surface area contributed by atoms with E-state index in [1.165, 1.54) is 30.1 Å². The summed E-state index contributed by atoms with van der Waals surface area (Å²) in [7, 11) is 3.11. The van der Waals surface area contributed by atoms with Crippen LogP contribution in [-0.4, -0.2) is 32.9 Å². The Balaban J connectivity index is 2.30. The van der Waals surface area contributed by atoms with Crippen molar-refractivity contribution < 1.29 is 14.6 Å². The molecular weight excluding hydrogens is 292 g/mol. The van der Waals surface area contributed by atoms with Gasteiger partial charge in [0.2, 0.25) is 0 Å². The molecule has 110 valence electrons. The van der Waals surface area contributed by atoms with Gasteiger partial charge < -0.3 is 20.9 Å². The first-order valence-electron chi connectivity index (χ1n) is 5.94. The summed E-state index contributed by atoms with van der Waals surface area (Å²) in [5, 5.41) is 16.5. The summed E-state index contributed by atoms with van der Waals surface area (Å²) in [6.45, 7) is 0. The monoisotopic (exact) mass is 306 g/mol. The van der Waals surface area contributed by atoms with Crippen molar-refractivity contribution in [1.82, 2.24) is 9.78 Å². The van der Waals surface area contributed by atoms with Gasteiger partial charge in [-0.3, -0.25) is 9.48 Å². The summed E-state index contributed by atoms with van der Waals surface area (Å²) in [6.07, 6.45) is 1.46. The number of nitrogens with zero attached hydrogens (tertiary/aromatic N) is 2. The molecule has 2 rings (SSSR count). The fourth-order valence-corrected chi connectivity index (χ4v) is 1.92. The number of benzene rings is 1. The summed E-state index contributed by atoms with van der Waals surface area (Å²) < 4.78 is 6.40. The van der Waals surface area contributed by atoms with E-state index in [1.807, 2.05) is 0 Å². The number of thiocarbonyl (C=S) groups is 1. The SMILES string of the molecule is COc1ccc(C(=O)Nc2c(C(N)=S)cnn2C)c(O)c1. The number of aryl methyl sites for hydroxylation is 1. The molecule has 21 heavy (non-hydrogen) atoms. The van der Waals surface area contributed by atoms with Crippen LogP contribution in [0.25, 0.3) is 0 Å². The second-order valence-electron chi connectivity index (χ2n) is 4.23. The molecule has 4 N–H and O–H groups in total. The average Bonchev–Trinajstić information content (AvgIpc) is 2.80. The van der Waals surface area contributed by atoms with Crippen LogP contribution in [0.4, 0.5) is 5.82 Å². The molecule has 1 amide bonds. The molecule has 0 aliphatic carbocycles. The molecule has 0 aliphatic rings. The molecule has 1 aromatic heterocycles.